The normalized spacial score (nSPS) is 21.0. The molecule has 0 spiro atoms. The van der Waals surface area contributed by atoms with E-state index in [4.69, 9.17) is 23.3 Å². The Kier molecular flexibility index (Phi) is 5.38. The summed E-state index contributed by atoms with van der Waals surface area (Å²) in [7, 11) is -5.00. The van der Waals surface area contributed by atoms with Crippen LogP contribution in [0.3, 0.4) is 0 Å². The summed E-state index contributed by atoms with van der Waals surface area (Å²) in [5.74, 6) is -1.82. The first-order valence-corrected chi connectivity index (χ1v) is 11.5. The number of hydrogen-bond acceptors (Lipinski definition) is 7. The summed E-state index contributed by atoms with van der Waals surface area (Å²) in [4.78, 5) is 33.2. The van der Waals surface area contributed by atoms with E-state index in [9.17, 15) is 29.4 Å². The number of halogens is 1. The fraction of sp³-hybridized carbons (Fsp3) is 0.286. The smallest absolute Gasteiger partial charge is 0.469 e. The van der Waals surface area contributed by atoms with Crippen molar-refractivity contribution in [1.29, 1.82) is 0 Å². The first-order valence-electron chi connectivity index (χ1n) is 10.7. The Morgan fingerprint density at radius 1 is 1.25 bits per heavy atom. The Balaban J connectivity index is 1.94. The lowest BCUT2D eigenvalue weighted by Gasteiger charge is -2.36. The van der Waals surface area contributed by atoms with Crippen LogP contribution < -0.4 is 5.43 Å². The van der Waals surface area contributed by atoms with E-state index in [2.05, 4.69) is 0 Å². The monoisotopic (exact) mass is 483 g/mol. The Morgan fingerprint density at radius 3 is 2.69 bits per heavy atom. The molecule has 0 saturated carbocycles. The number of piperidine rings is 1. The molecular formula is C21H21ClNO8P. The molecule has 0 amide bonds. The predicted molar refractivity (Wildman–Crippen MR) is 118 cm³/mol. The van der Waals surface area contributed by atoms with E-state index in [1.54, 1.807) is 24.3 Å². The molecule has 2 atom stereocenters. The molecule has 4 N–H and O–H groups in total. The molecule has 170 valence electrons. The number of phosphoric ester groups is 1. The van der Waals surface area contributed by atoms with Crippen molar-refractivity contribution in [2.75, 3.05) is 20.1 Å². The van der Waals surface area contributed by atoms with Gasteiger partial charge in [-0.15, -0.1) is 0 Å². The Bertz CT molecular complexity index is 1340. The largest absolute Gasteiger partial charge is 0.507 e. The van der Waals surface area contributed by atoms with Crippen LogP contribution in [0.4, 0.5) is 0 Å². The molecule has 0 aliphatic carbocycles. The summed E-state index contributed by atoms with van der Waals surface area (Å²) >= 11 is 6.25. The Labute approximate surface area is 190 Å². The van der Waals surface area contributed by atoms with E-state index < -0.39 is 43.8 Å². The zero-order valence-electron chi connectivity index (χ0n) is 18.5. The molecule has 2 unspecified atom stereocenters. The Hall–Kier alpha value is -2.39. The van der Waals surface area contributed by atoms with E-state index in [-0.39, 0.29) is 41.8 Å². The third kappa shape index (κ3) is 4.41. The van der Waals surface area contributed by atoms with Gasteiger partial charge in [0.2, 0.25) is 0 Å². The summed E-state index contributed by atoms with van der Waals surface area (Å²) in [5, 5.41) is 21.2. The summed E-state index contributed by atoms with van der Waals surface area (Å²) in [6.07, 6.45) is -1.13. The molecule has 9 nitrogen and oxygen atoms in total. The van der Waals surface area contributed by atoms with Crippen LogP contribution in [-0.4, -0.2) is 51.1 Å². The quantitative estimate of drug-likeness (QED) is 0.411. The highest BCUT2D eigenvalue weighted by Gasteiger charge is 2.38. The van der Waals surface area contributed by atoms with Crippen molar-refractivity contribution in [3.05, 3.63) is 57.2 Å². The van der Waals surface area contributed by atoms with Crippen LogP contribution in [-0.2, 0) is 9.09 Å². The summed E-state index contributed by atoms with van der Waals surface area (Å²) in [6, 6.07) is 8.71. The van der Waals surface area contributed by atoms with E-state index in [1.165, 1.54) is 4.90 Å². The molecule has 2 heterocycles. The molecule has 11 heteroatoms. The van der Waals surface area contributed by atoms with Crippen molar-refractivity contribution in [3.63, 3.8) is 0 Å². The minimum atomic E-state index is -5.00. The zero-order valence-corrected chi connectivity index (χ0v) is 18.2. The van der Waals surface area contributed by atoms with Crippen molar-refractivity contribution in [2.24, 2.45) is 0 Å². The van der Waals surface area contributed by atoms with Crippen molar-refractivity contribution in [2.45, 2.75) is 18.4 Å². The molecule has 3 aromatic rings. The van der Waals surface area contributed by atoms with Gasteiger partial charge in [-0.25, -0.2) is 4.57 Å². The van der Waals surface area contributed by atoms with Crippen molar-refractivity contribution in [3.8, 4) is 22.8 Å². The van der Waals surface area contributed by atoms with Gasteiger partial charge in [0.1, 0.15) is 28.2 Å². The average Bonchev–Trinajstić information content (AvgIpc) is 2.73. The molecule has 4 rings (SSSR count). The lowest BCUT2D eigenvalue weighted by atomic mass is 9.85. The summed E-state index contributed by atoms with van der Waals surface area (Å²) < 4.78 is 37.8. The van der Waals surface area contributed by atoms with Crippen LogP contribution in [0.15, 0.2) is 45.6 Å². The van der Waals surface area contributed by atoms with Gasteiger partial charge in [0.25, 0.3) is 0 Å². The van der Waals surface area contributed by atoms with Gasteiger partial charge >= 0.3 is 7.82 Å². The van der Waals surface area contributed by atoms with Gasteiger partial charge in [0, 0.05) is 38.5 Å². The minimum absolute atomic E-state index is 0.0171. The van der Waals surface area contributed by atoms with Crippen LogP contribution in [0.25, 0.3) is 22.3 Å². The fourth-order valence-corrected chi connectivity index (χ4v) is 4.82. The number of aromatic hydroxyl groups is 2. The summed E-state index contributed by atoms with van der Waals surface area (Å²) in [6.45, 7) is -1.41. The molecule has 1 fully saturated rings. The molecule has 0 radical (unpaired) electrons. The lowest BCUT2D eigenvalue weighted by molar-refractivity contribution is 0.0544. The maximum absolute atomic E-state index is 12.9. The third-order valence-corrected chi connectivity index (χ3v) is 6.25. The Morgan fingerprint density at radius 2 is 2.00 bits per heavy atom. The second-order valence-corrected chi connectivity index (χ2v) is 9.11. The number of phenols is 2. The molecular weight excluding hydrogens is 461 g/mol. The van der Waals surface area contributed by atoms with Crippen LogP contribution in [0.2, 0.25) is 5.02 Å². The standard InChI is InChI=1S/C21H21ClNO8P/c1-23-7-6-12(18(10-23)31-32(27,28)29)19-14(24)8-15(25)20-16(26)9-17(30-21(19)20)11-4-2-3-5-13(11)22/h2-5,8-9,12,18,24-25H,6-7,10H2,1H3,(H2,27,28,29)/i1D2. The van der Waals surface area contributed by atoms with Gasteiger partial charge < -0.3 is 29.3 Å². The zero-order chi connectivity index (χ0) is 24.8. The van der Waals surface area contributed by atoms with Gasteiger partial charge in [-0.3, -0.25) is 9.32 Å². The minimum Gasteiger partial charge on any atom is -0.507 e. The van der Waals surface area contributed by atoms with E-state index in [0.717, 1.165) is 12.1 Å². The SMILES string of the molecule is [2H]C([2H])N1CCC(c2c(O)cc(O)c3c(=O)cc(-c4ccccc4Cl)oc23)C(OP(=O)(O)O)C1. The van der Waals surface area contributed by atoms with Gasteiger partial charge in [-0.2, -0.15) is 0 Å². The van der Waals surface area contributed by atoms with E-state index in [0.29, 0.717) is 10.6 Å². The predicted octanol–water partition coefficient (Wildman–Crippen LogP) is 3.42. The molecule has 2 aromatic carbocycles. The number of hydrogen-bond donors (Lipinski definition) is 4. The fourth-order valence-electron chi connectivity index (χ4n) is 4.03. The van der Waals surface area contributed by atoms with E-state index in [1.807, 2.05) is 0 Å². The number of nitrogens with zero attached hydrogens (tertiary/aromatic N) is 1. The van der Waals surface area contributed by atoms with Crippen molar-refractivity contribution >= 4 is 30.4 Å². The van der Waals surface area contributed by atoms with Crippen LogP contribution in [0, 0.1) is 0 Å². The third-order valence-electron chi connectivity index (χ3n) is 5.37. The molecule has 0 bridgehead atoms. The first kappa shape index (κ1) is 20.2. The highest BCUT2D eigenvalue weighted by atomic mass is 35.5. The second-order valence-electron chi connectivity index (χ2n) is 7.51. The molecule has 1 aliphatic heterocycles. The number of phenolic OH excluding ortho intramolecular Hbond substituents is 2. The van der Waals surface area contributed by atoms with Gasteiger partial charge in [-0.1, -0.05) is 23.7 Å². The van der Waals surface area contributed by atoms with Crippen LogP contribution >= 0.6 is 19.4 Å². The molecule has 1 saturated heterocycles. The lowest BCUT2D eigenvalue weighted by Crippen LogP contribution is -2.41. The molecule has 32 heavy (non-hydrogen) atoms. The second kappa shape index (κ2) is 8.51. The topological polar surface area (TPSA) is 141 Å². The van der Waals surface area contributed by atoms with Gasteiger partial charge in [0.05, 0.1) is 11.1 Å². The number of fused-ring (bicyclic) bond motifs is 1. The number of rotatable bonds is 4. The number of benzene rings is 2. The van der Waals surface area contributed by atoms with Crippen LogP contribution in [0.5, 0.6) is 11.5 Å². The van der Waals surface area contributed by atoms with Crippen molar-refractivity contribution < 1.29 is 36.2 Å². The first-order chi connectivity index (χ1) is 16.0. The summed E-state index contributed by atoms with van der Waals surface area (Å²) in [5.41, 5.74) is -0.382. The highest BCUT2D eigenvalue weighted by molar-refractivity contribution is 7.46. The number of phosphoric acid groups is 1. The van der Waals surface area contributed by atoms with Gasteiger partial charge in [0.15, 0.2) is 5.43 Å². The molecule has 1 aromatic heterocycles. The maximum Gasteiger partial charge on any atom is 0.469 e. The average molecular weight is 484 g/mol. The number of likely N-dealkylation sites (N-methyl/N-ethyl adjacent to an activating group) is 1. The molecule has 1 aliphatic rings. The van der Waals surface area contributed by atoms with Crippen LogP contribution in [0.1, 0.15) is 20.6 Å². The maximum atomic E-state index is 12.9. The van der Waals surface area contributed by atoms with E-state index >= 15 is 0 Å². The van der Waals surface area contributed by atoms with Gasteiger partial charge in [-0.05, 0) is 32.1 Å². The highest BCUT2D eigenvalue weighted by Crippen LogP contribution is 2.47. The number of likely N-dealkylation sites (tertiary alicyclic amines) is 1. The van der Waals surface area contributed by atoms with Crippen molar-refractivity contribution in [1.82, 2.24) is 4.90 Å².